The van der Waals surface area contributed by atoms with Crippen molar-refractivity contribution in [3.05, 3.63) is 45.3 Å². The predicted molar refractivity (Wildman–Crippen MR) is 84.3 cm³/mol. The molecule has 22 heavy (non-hydrogen) atoms. The van der Waals surface area contributed by atoms with Gasteiger partial charge < -0.3 is 4.74 Å². The lowest BCUT2D eigenvalue weighted by Gasteiger charge is -2.02. The summed E-state index contributed by atoms with van der Waals surface area (Å²) in [4.78, 5) is 15.0. The van der Waals surface area contributed by atoms with Crippen molar-refractivity contribution >= 4 is 17.6 Å². The average Bonchev–Trinajstić information content (AvgIpc) is 2.79. The van der Waals surface area contributed by atoms with Gasteiger partial charge in [0.2, 0.25) is 0 Å². The number of hydrogen-bond acceptors (Lipinski definition) is 5. The molecule has 0 spiro atoms. The van der Waals surface area contributed by atoms with Crippen LogP contribution in [0.2, 0.25) is 0 Å². The summed E-state index contributed by atoms with van der Waals surface area (Å²) in [6.07, 6.45) is 1.60. The summed E-state index contributed by atoms with van der Waals surface area (Å²) >= 11 is 0. The highest BCUT2D eigenvalue weighted by atomic mass is 16.6. The van der Waals surface area contributed by atoms with Crippen molar-refractivity contribution in [2.75, 3.05) is 7.11 Å². The summed E-state index contributed by atoms with van der Waals surface area (Å²) < 4.78 is 6.85. The molecule has 1 heterocycles. The van der Waals surface area contributed by atoms with Crippen LogP contribution in [-0.4, -0.2) is 28.0 Å². The third kappa shape index (κ3) is 2.98. The highest BCUT2D eigenvalue weighted by Crippen LogP contribution is 2.28. The maximum absolute atomic E-state index is 11.0. The zero-order valence-electron chi connectivity index (χ0n) is 13.0. The summed E-state index contributed by atoms with van der Waals surface area (Å²) in [6.45, 7) is 6.63. The Kier molecular flexibility index (Phi) is 4.55. The van der Waals surface area contributed by atoms with E-state index in [1.165, 1.54) is 13.2 Å². The summed E-state index contributed by atoms with van der Waals surface area (Å²) in [5.41, 5.74) is 3.15. The number of aromatic nitrogens is 2. The molecule has 7 heteroatoms. The first-order chi connectivity index (χ1) is 10.5. The molecule has 1 aromatic heterocycles. The van der Waals surface area contributed by atoms with Crippen molar-refractivity contribution in [1.29, 1.82) is 0 Å². The Balaban J connectivity index is 2.37. The van der Waals surface area contributed by atoms with Gasteiger partial charge in [-0.15, -0.1) is 0 Å². The second kappa shape index (κ2) is 6.38. The number of benzene rings is 1. The van der Waals surface area contributed by atoms with Gasteiger partial charge in [-0.25, -0.2) is 0 Å². The van der Waals surface area contributed by atoms with Crippen molar-refractivity contribution < 1.29 is 9.66 Å². The van der Waals surface area contributed by atoms with Gasteiger partial charge in [-0.1, -0.05) is 0 Å². The highest BCUT2D eigenvalue weighted by Gasteiger charge is 2.15. The SMILES string of the molecule is CCn1nc(C)c(N=Cc2ccc(OC)c([N+](=O)[O-])c2)c1C. The van der Waals surface area contributed by atoms with Crippen LogP contribution >= 0.6 is 0 Å². The van der Waals surface area contributed by atoms with Crippen LogP contribution in [0.5, 0.6) is 5.75 Å². The monoisotopic (exact) mass is 302 g/mol. The minimum absolute atomic E-state index is 0.0795. The summed E-state index contributed by atoms with van der Waals surface area (Å²) in [5, 5.41) is 15.4. The van der Waals surface area contributed by atoms with Gasteiger partial charge in [0.25, 0.3) is 0 Å². The summed E-state index contributed by atoms with van der Waals surface area (Å²) in [5.74, 6) is 0.230. The highest BCUT2D eigenvalue weighted by molar-refractivity contribution is 5.84. The quantitative estimate of drug-likeness (QED) is 0.482. The molecule has 0 aliphatic carbocycles. The topological polar surface area (TPSA) is 82.5 Å². The Morgan fingerprint density at radius 3 is 2.73 bits per heavy atom. The van der Waals surface area contributed by atoms with Crippen molar-refractivity contribution in [3.63, 3.8) is 0 Å². The fourth-order valence-electron chi connectivity index (χ4n) is 2.25. The Bertz CT molecular complexity index is 735. The van der Waals surface area contributed by atoms with Gasteiger partial charge in [0, 0.05) is 18.8 Å². The molecule has 7 nitrogen and oxygen atoms in total. The zero-order chi connectivity index (χ0) is 16.3. The molecule has 1 aromatic carbocycles. The van der Waals surface area contributed by atoms with E-state index in [0.29, 0.717) is 5.56 Å². The Hall–Kier alpha value is -2.70. The fourth-order valence-corrected chi connectivity index (χ4v) is 2.25. The van der Waals surface area contributed by atoms with Gasteiger partial charge in [0.15, 0.2) is 5.75 Å². The van der Waals surface area contributed by atoms with E-state index in [1.54, 1.807) is 18.3 Å². The van der Waals surface area contributed by atoms with Gasteiger partial charge in [0.1, 0.15) is 5.69 Å². The lowest BCUT2D eigenvalue weighted by atomic mass is 10.2. The number of rotatable bonds is 5. The van der Waals surface area contributed by atoms with Crippen molar-refractivity contribution in [3.8, 4) is 5.75 Å². The molecule has 0 aliphatic heterocycles. The first-order valence-electron chi connectivity index (χ1n) is 6.88. The lowest BCUT2D eigenvalue weighted by Crippen LogP contribution is -1.98. The predicted octanol–water partition coefficient (Wildman–Crippen LogP) is 3.19. The van der Waals surface area contributed by atoms with E-state index >= 15 is 0 Å². The minimum Gasteiger partial charge on any atom is -0.490 e. The van der Waals surface area contributed by atoms with Crippen LogP contribution in [-0.2, 0) is 6.54 Å². The molecule has 2 rings (SSSR count). The number of methoxy groups -OCH3 is 1. The van der Waals surface area contributed by atoms with E-state index in [4.69, 9.17) is 4.74 Å². The molecule has 116 valence electrons. The molecule has 0 amide bonds. The first kappa shape index (κ1) is 15.7. The maximum Gasteiger partial charge on any atom is 0.311 e. The third-order valence-corrected chi connectivity index (χ3v) is 3.39. The van der Waals surface area contributed by atoms with E-state index in [2.05, 4.69) is 10.1 Å². The number of aryl methyl sites for hydroxylation is 2. The molecule has 0 unspecified atom stereocenters. The Morgan fingerprint density at radius 1 is 1.45 bits per heavy atom. The van der Waals surface area contributed by atoms with Crippen LogP contribution in [0.1, 0.15) is 23.9 Å². The molecule has 0 fully saturated rings. The number of hydrogen-bond donors (Lipinski definition) is 0. The molecule has 0 radical (unpaired) electrons. The third-order valence-electron chi connectivity index (χ3n) is 3.39. The van der Waals surface area contributed by atoms with Gasteiger partial charge in [0.05, 0.1) is 23.4 Å². The molecule has 0 atom stereocenters. The number of nitrogens with zero attached hydrogens (tertiary/aromatic N) is 4. The summed E-state index contributed by atoms with van der Waals surface area (Å²) in [7, 11) is 1.40. The van der Waals surface area contributed by atoms with E-state index in [9.17, 15) is 10.1 Å². The number of nitro benzene ring substituents is 1. The lowest BCUT2D eigenvalue weighted by molar-refractivity contribution is -0.385. The van der Waals surface area contributed by atoms with Gasteiger partial charge in [-0.05, 0) is 38.5 Å². The van der Waals surface area contributed by atoms with E-state index in [0.717, 1.165) is 23.6 Å². The normalized spacial score (nSPS) is 11.1. The molecular weight excluding hydrogens is 284 g/mol. The molecule has 0 N–H and O–H groups in total. The van der Waals surface area contributed by atoms with E-state index in [1.807, 2.05) is 25.5 Å². The van der Waals surface area contributed by atoms with Crippen LogP contribution in [0.15, 0.2) is 23.2 Å². The van der Waals surface area contributed by atoms with Crippen LogP contribution in [0, 0.1) is 24.0 Å². The number of aliphatic imine (C=N–C) groups is 1. The van der Waals surface area contributed by atoms with Crippen LogP contribution < -0.4 is 4.74 Å². The second-order valence-corrected chi connectivity index (χ2v) is 4.78. The number of nitro groups is 1. The Labute approximate surface area is 128 Å². The Morgan fingerprint density at radius 2 is 2.18 bits per heavy atom. The summed E-state index contributed by atoms with van der Waals surface area (Å²) in [6, 6.07) is 4.73. The van der Waals surface area contributed by atoms with Crippen LogP contribution in [0.4, 0.5) is 11.4 Å². The molecule has 0 saturated carbocycles. The standard InChI is InChI=1S/C15H18N4O3/c1-5-18-11(3)15(10(2)17-18)16-9-12-6-7-14(22-4)13(8-12)19(20)21/h6-9H,5H2,1-4H3. The molecule has 2 aromatic rings. The van der Waals surface area contributed by atoms with Gasteiger partial charge >= 0.3 is 5.69 Å². The average molecular weight is 302 g/mol. The smallest absolute Gasteiger partial charge is 0.311 e. The zero-order valence-corrected chi connectivity index (χ0v) is 13.0. The molecular formula is C15H18N4O3. The molecule has 0 aliphatic rings. The van der Waals surface area contributed by atoms with E-state index in [-0.39, 0.29) is 11.4 Å². The van der Waals surface area contributed by atoms with Crippen molar-refractivity contribution in [2.45, 2.75) is 27.3 Å². The number of ether oxygens (including phenoxy) is 1. The minimum atomic E-state index is -0.470. The first-order valence-corrected chi connectivity index (χ1v) is 6.88. The maximum atomic E-state index is 11.0. The van der Waals surface area contributed by atoms with E-state index < -0.39 is 4.92 Å². The van der Waals surface area contributed by atoms with Gasteiger partial charge in [-0.3, -0.25) is 19.8 Å². The van der Waals surface area contributed by atoms with Crippen LogP contribution in [0.3, 0.4) is 0 Å². The van der Waals surface area contributed by atoms with Crippen LogP contribution in [0.25, 0.3) is 0 Å². The molecule has 0 saturated heterocycles. The van der Waals surface area contributed by atoms with Crippen molar-refractivity contribution in [1.82, 2.24) is 9.78 Å². The van der Waals surface area contributed by atoms with Gasteiger partial charge in [-0.2, -0.15) is 5.10 Å². The molecule has 0 bridgehead atoms. The fraction of sp³-hybridized carbons (Fsp3) is 0.333. The second-order valence-electron chi connectivity index (χ2n) is 4.78. The largest absolute Gasteiger partial charge is 0.490 e. The van der Waals surface area contributed by atoms with Crippen molar-refractivity contribution in [2.24, 2.45) is 4.99 Å².